The molecule has 1 atom stereocenters. The third-order valence-electron chi connectivity index (χ3n) is 5.75. The minimum absolute atomic E-state index is 0.459. The molecule has 2 saturated heterocycles. The lowest BCUT2D eigenvalue weighted by atomic mass is 9.94. The van der Waals surface area contributed by atoms with Crippen molar-refractivity contribution in [1.82, 2.24) is 14.9 Å². The Morgan fingerprint density at radius 2 is 1.78 bits per heavy atom. The van der Waals surface area contributed by atoms with Crippen LogP contribution >= 0.6 is 0 Å². The Balaban J connectivity index is 1.37. The zero-order valence-electron chi connectivity index (χ0n) is 14.0. The number of anilines is 1. The van der Waals surface area contributed by atoms with Crippen molar-refractivity contribution < 1.29 is 4.74 Å². The standard InChI is InChI=1S/C18H28N4O/c1-2-4-16(5-3-1)21-7-9-22(10-8-21)18-12-17(19-14-20-18)15-6-11-23-13-15/h12,14-16H,1-11,13H2/t15-/m0/s1. The van der Waals surface area contributed by atoms with E-state index in [1.54, 1.807) is 6.33 Å². The molecule has 4 rings (SSSR count). The summed E-state index contributed by atoms with van der Waals surface area (Å²) in [5.74, 6) is 1.56. The molecule has 3 fully saturated rings. The van der Waals surface area contributed by atoms with E-state index in [0.29, 0.717) is 5.92 Å². The number of aromatic nitrogens is 2. The van der Waals surface area contributed by atoms with E-state index in [-0.39, 0.29) is 0 Å². The molecule has 0 spiro atoms. The van der Waals surface area contributed by atoms with Crippen molar-refractivity contribution >= 4 is 5.82 Å². The average molecular weight is 316 g/mol. The maximum absolute atomic E-state index is 5.50. The molecular formula is C18H28N4O. The van der Waals surface area contributed by atoms with E-state index < -0.39 is 0 Å². The molecule has 0 unspecified atom stereocenters. The van der Waals surface area contributed by atoms with Gasteiger partial charge in [-0.2, -0.15) is 0 Å². The summed E-state index contributed by atoms with van der Waals surface area (Å²) in [6.45, 7) is 6.21. The molecule has 0 radical (unpaired) electrons. The number of hydrogen-bond donors (Lipinski definition) is 0. The van der Waals surface area contributed by atoms with Crippen molar-refractivity contribution in [3.05, 3.63) is 18.1 Å². The van der Waals surface area contributed by atoms with Gasteiger partial charge in [-0.05, 0) is 19.3 Å². The molecule has 0 bridgehead atoms. The Kier molecular flexibility index (Phi) is 4.76. The monoisotopic (exact) mass is 316 g/mol. The lowest BCUT2D eigenvalue weighted by molar-refractivity contribution is 0.147. The van der Waals surface area contributed by atoms with Gasteiger partial charge >= 0.3 is 0 Å². The van der Waals surface area contributed by atoms with Crippen molar-refractivity contribution in [1.29, 1.82) is 0 Å². The number of hydrogen-bond acceptors (Lipinski definition) is 5. The topological polar surface area (TPSA) is 41.5 Å². The van der Waals surface area contributed by atoms with Crippen LogP contribution in [0.5, 0.6) is 0 Å². The Morgan fingerprint density at radius 3 is 2.52 bits per heavy atom. The van der Waals surface area contributed by atoms with E-state index in [9.17, 15) is 0 Å². The quantitative estimate of drug-likeness (QED) is 0.857. The summed E-state index contributed by atoms with van der Waals surface area (Å²) >= 11 is 0. The van der Waals surface area contributed by atoms with E-state index in [0.717, 1.165) is 50.3 Å². The Labute approximate surface area is 139 Å². The van der Waals surface area contributed by atoms with Crippen molar-refractivity contribution in [2.24, 2.45) is 0 Å². The second kappa shape index (κ2) is 7.14. The van der Waals surface area contributed by atoms with Gasteiger partial charge in [0.1, 0.15) is 12.1 Å². The summed E-state index contributed by atoms with van der Waals surface area (Å²) in [6, 6.07) is 3.03. The Hall–Kier alpha value is -1.20. The normalized spacial score (nSPS) is 27.5. The van der Waals surface area contributed by atoms with Crippen LogP contribution in [0.2, 0.25) is 0 Å². The summed E-state index contributed by atoms with van der Waals surface area (Å²) in [5.41, 5.74) is 1.15. The van der Waals surface area contributed by atoms with E-state index in [4.69, 9.17) is 4.74 Å². The highest BCUT2D eigenvalue weighted by molar-refractivity contribution is 5.40. The fraction of sp³-hybridized carbons (Fsp3) is 0.778. The molecule has 2 aliphatic heterocycles. The third kappa shape index (κ3) is 3.50. The average Bonchev–Trinajstić information content (AvgIpc) is 3.18. The second-order valence-electron chi connectivity index (χ2n) is 7.18. The molecule has 1 saturated carbocycles. The molecule has 3 heterocycles. The van der Waals surface area contributed by atoms with Gasteiger partial charge in [-0.15, -0.1) is 0 Å². The highest BCUT2D eigenvalue weighted by Crippen LogP contribution is 2.27. The van der Waals surface area contributed by atoms with Crippen molar-refractivity contribution in [2.45, 2.75) is 50.5 Å². The second-order valence-corrected chi connectivity index (χ2v) is 7.18. The molecule has 0 N–H and O–H groups in total. The summed E-state index contributed by atoms with van der Waals surface area (Å²) in [6.07, 6.45) is 9.90. The van der Waals surface area contributed by atoms with Crippen LogP contribution in [0.3, 0.4) is 0 Å². The molecule has 1 aromatic heterocycles. The lowest BCUT2D eigenvalue weighted by Gasteiger charge is -2.41. The van der Waals surface area contributed by atoms with Gasteiger partial charge < -0.3 is 9.64 Å². The van der Waals surface area contributed by atoms with Crippen molar-refractivity contribution in [3.8, 4) is 0 Å². The highest BCUT2D eigenvalue weighted by Gasteiger charge is 2.26. The molecule has 23 heavy (non-hydrogen) atoms. The fourth-order valence-electron chi connectivity index (χ4n) is 4.29. The zero-order valence-corrected chi connectivity index (χ0v) is 14.0. The smallest absolute Gasteiger partial charge is 0.132 e. The molecule has 5 nitrogen and oxygen atoms in total. The Morgan fingerprint density at radius 1 is 0.957 bits per heavy atom. The predicted octanol–water partition coefficient (Wildman–Crippen LogP) is 2.44. The van der Waals surface area contributed by atoms with Gasteiger partial charge in [0.25, 0.3) is 0 Å². The fourth-order valence-corrected chi connectivity index (χ4v) is 4.29. The number of nitrogens with zero attached hydrogens (tertiary/aromatic N) is 4. The first kappa shape index (κ1) is 15.3. The van der Waals surface area contributed by atoms with Crippen LogP contribution in [0.1, 0.15) is 50.1 Å². The number of ether oxygens (including phenoxy) is 1. The van der Waals surface area contributed by atoms with E-state index >= 15 is 0 Å². The first-order chi connectivity index (χ1) is 11.4. The number of rotatable bonds is 3. The molecule has 3 aliphatic rings. The maximum Gasteiger partial charge on any atom is 0.132 e. The van der Waals surface area contributed by atoms with Crippen LogP contribution in [-0.4, -0.2) is 60.3 Å². The summed E-state index contributed by atoms with van der Waals surface area (Å²) in [4.78, 5) is 14.1. The van der Waals surface area contributed by atoms with Gasteiger partial charge in [0.15, 0.2) is 0 Å². The van der Waals surface area contributed by atoms with Crippen LogP contribution in [0.4, 0.5) is 5.82 Å². The van der Waals surface area contributed by atoms with Gasteiger partial charge in [-0.25, -0.2) is 9.97 Å². The molecule has 126 valence electrons. The van der Waals surface area contributed by atoms with Gasteiger partial charge in [0, 0.05) is 50.8 Å². The largest absolute Gasteiger partial charge is 0.381 e. The van der Waals surface area contributed by atoms with Crippen LogP contribution in [0.15, 0.2) is 12.4 Å². The minimum atomic E-state index is 0.459. The molecule has 0 amide bonds. The molecule has 1 aliphatic carbocycles. The van der Waals surface area contributed by atoms with Crippen LogP contribution < -0.4 is 4.90 Å². The molecular weight excluding hydrogens is 288 g/mol. The summed E-state index contributed by atoms with van der Waals surface area (Å²) in [5, 5.41) is 0. The Bertz CT molecular complexity index is 503. The van der Waals surface area contributed by atoms with Crippen molar-refractivity contribution in [2.75, 3.05) is 44.3 Å². The highest BCUT2D eigenvalue weighted by atomic mass is 16.5. The van der Waals surface area contributed by atoms with Crippen LogP contribution in [0, 0.1) is 0 Å². The molecule has 1 aromatic rings. The SMILES string of the molecule is c1nc([C@H]2CCOC2)cc(N2CCN(C3CCCCC3)CC2)n1. The van der Waals surface area contributed by atoms with Crippen molar-refractivity contribution in [3.63, 3.8) is 0 Å². The van der Waals surface area contributed by atoms with Crippen LogP contribution in [0.25, 0.3) is 0 Å². The minimum Gasteiger partial charge on any atom is -0.381 e. The first-order valence-electron chi connectivity index (χ1n) is 9.29. The third-order valence-corrected chi connectivity index (χ3v) is 5.75. The lowest BCUT2D eigenvalue weighted by Crippen LogP contribution is -2.51. The number of piperazine rings is 1. The first-order valence-corrected chi connectivity index (χ1v) is 9.29. The maximum atomic E-state index is 5.50. The summed E-state index contributed by atoms with van der Waals surface area (Å²) < 4.78 is 5.50. The van der Waals surface area contributed by atoms with Gasteiger partial charge in [-0.1, -0.05) is 19.3 Å². The molecule has 0 aromatic carbocycles. The predicted molar refractivity (Wildman–Crippen MR) is 90.9 cm³/mol. The van der Waals surface area contributed by atoms with Gasteiger partial charge in [0.2, 0.25) is 0 Å². The van der Waals surface area contributed by atoms with E-state index in [1.165, 1.54) is 45.2 Å². The van der Waals surface area contributed by atoms with E-state index in [1.807, 2.05) is 0 Å². The van der Waals surface area contributed by atoms with Gasteiger partial charge in [0.05, 0.1) is 12.3 Å². The zero-order chi connectivity index (χ0) is 15.5. The van der Waals surface area contributed by atoms with Gasteiger partial charge in [-0.3, -0.25) is 4.90 Å². The molecule has 5 heteroatoms. The van der Waals surface area contributed by atoms with E-state index in [2.05, 4.69) is 25.8 Å². The van der Waals surface area contributed by atoms with Crippen LogP contribution in [-0.2, 0) is 4.74 Å². The summed E-state index contributed by atoms with van der Waals surface area (Å²) in [7, 11) is 0.